The summed E-state index contributed by atoms with van der Waals surface area (Å²) in [7, 11) is 0. The molecule has 21 heavy (non-hydrogen) atoms. The number of nitrogens with one attached hydrogen (secondary N) is 1. The molecule has 0 saturated carbocycles. The van der Waals surface area contributed by atoms with Gasteiger partial charge in [-0.15, -0.1) is 11.3 Å². The number of rotatable bonds is 9. The Morgan fingerprint density at radius 1 is 1.24 bits per heavy atom. The van der Waals surface area contributed by atoms with Crippen LogP contribution in [0.2, 0.25) is 0 Å². The molecule has 2 rings (SSSR count). The molecule has 0 amide bonds. The van der Waals surface area contributed by atoms with Crippen molar-refractivity contribution in [3.05, 3.63) is 52.2 Å². The average molecular weight is 305 g/mol. The van der Waals surface area contributed by atoms with Crippen molar-refractivity contribution >= 4 is 17.0 Å². The number of benzene rings is 1. The van der Waals surface area contributed by atoms with E-state index in [2.05, 4.69) is 30.4 Å². The molecule has 0 aliphatic rings. The first-order chi connectivity index (χ1) is 10.3. The van der Waals surface area contributed by atoms with Gasteiger partial charge in [-0.1, -0.05) is 37.6 Å². The second kappa shape index (κ2) is 8.82. The molecule has 114 valence electrons. The molecule has 2 N–H and O–H groups in total. The van der Waals surface area contributed by atoms with E-state index in [4.69, 9.17) is 4.74 Å². The Kier molecular flexibility index (Phi) is 6.73. The third-order valence-electron chi connectivity index (χ3n) is 3.20. The molecule has 4 heteroatoms. The molecule has 0 saturated heterocycles. The number of aliphatic hydroxyl groups is 1. The molecule has 0 aliphatic carbocycles. The highest BCUT2D eigenvalue weighted by Crippen LogP contribution is 2.16. The Morgan fingerprint density at radius 3 is 2.86 bits per heavy atom. The van der Waals surface area contributed by atoms with Gasteiger partial charge in [0.1, 0.15) is 0 Å². The molecule has 2 aromatic rings. The summed E-state index contributed by atoms with van der Waals surface area (Å²) in [5.41, 5.74) is 2.41. The van der Waals surface area contributed by atoms with E-state index in [9.17, 15) is 5.11 Å². The van der Waals surface area contributed by atoms with Crippen molar-refractivity contribution in [1.82, 2.24) is 0 Å². The molecule has 1 unspecified atom stereocenters. The third-order valence-corrected chi connectivity index (χ3v) is 4.05. The molecule has 1 aromatic carbocycles. The predicted octanol–water partition coefficient (Wildman–Crippen LogP) is 3.69. The van der Waals surface area contributed by atoms with Crippen LogP contribution >= 0.6 is 11.3 Å². The molecule has 0 radical (unpaired) electrons. The lowest BCUT2D eigenvalue weighted by Crippen LogP contribution is -2.25. The lowest BCUT2D eigenvalue weighted by Gasteiger charge is -2.15. The minimum absolute atomic E-state index is 0.348. The van der Waals surface area contributed by atoms with E-state index in [1.54, 1.807) is 11.3 Å². The first kappa shape index (κ1) is 16.0. The van der Waals surface area contributed by atoms with E-state index in [0.29, 0.717) is 19.8 Å². The SMILES string of the molecule is CCCc1ccccc1NCC(O)COCc1cccs1. The molecule has 3 nitrogen and oxygen atoms in total. The molecule has 0 fully saturated rings. The third kappa shape index (κ3) is 5.50. The van der Waals surface area contributed by atoms with Crippen LogP contribution in [0, 0.1) is 0 Å². The Morgan fingerprint density at radius 2 is 2.10 bits per heavy atom. The molecule has 0 spiro atoms. The van der Waals surface area contributed by atoms with Gasteiger partial charge in [0.25, 0.3) is 0 Å². The van der Waals surface area contributed by atoms with Crippen LogP contribution in [-0.4, -0.2) is 24.4 Å². The van der Waals surface area contributed by atoms with Crippen LogP contribution in [0.5, 0.6) is 0 Å². The predicted molar refractivity (Wildman–Crippen MR) is 88.9 cm³/mol. The summed E-state index contributed by atoms with van der Waals surface area (Å²) >= 11 is 1.67. The van der Waals surface area contributed by atoms with Crippen molar-refractivity contribution in [2.75, 3.05) is 18.5 Å². The standard InChI is InChI=1S/C17H23NO2S/c1-2-6-14-7-3-4-9-17(14)18-11-15(19)12-20-13-16-8-5-10-21-16/h3-5,7-10,15,18-19H,2,6,11-13H2,1H3. The number of thiophene rings is 1. The highest BCUT2D eigenvalue weighted by Gasteiger charge is 2.06. The minimum atomic E-state index is -0.500. The van der Waals surface area contributed by atoms with Crippen molar-refractivity contribution < 1.29 is 9.84 Å². The lowest BCUT2D eigenvalue weighted by molar-refractivity contribution is 0.0359. The molecular weight excluding hydrogens is 282 g/mol. The van der Waals surface area contributed by atoms with Gasteiger partial charge in [-0.2, -0.15) is 0 Å². The van der Waals surface area contributed by atoms with Crippen LogP contribution in [0.4, 0.5) is 5.69 Å². The first-order valence-corrected chi connectivity index (χ1v) is 8.27. The summed E-state index contributed by atoms with van der Waals surface area (Å²) in [6, 6.07) is 12.3. The Bertz CT molecular complexity index is 513. The summed E-state index contributed by atoms with van der Waals surface area (Å²) in [6.45, 7) is 3.59. The quantitative estimate of drug-likeness (QED) is 0.742. The average Bonchev–Trinajstić information content (AvgIpc) is 3.00. The molecule has 1 atom stereocenters. The van der Waals surface area contributed by atoms with E-state index in [-0.39, 0.29) is 0 Å². The lowest BCUT2D eigenvalue weighted by atomic mass is 10.1. The van der Waals surface area contributed by atoms with Crippen LogP contribution in [-0.2, 0) is 17.8 Å². The fourth-order valence-electron chi connectivity index (χ4n) is 2.16. The van der Waals surface area contributed by atoms with Crippen LogP contribution < -0.4 is 5.32 Å². The van der Waals surface area contributed by atoms with Gasteiger partial charge in [-0.05, 0) is 29.5 Å². The largest absolute Gasteiger partial charge is 0.389 e. The Balaban J connectivity index is 1.72. The molecular formula is C17H23NO2S. The zero-order valence-corrected chi connectivity index (χ0v) is 13.2. The van der Waals surface area contributed by atoms with Crippen LogP contribution in [0.1, 0.15) is 23.8 Å². The van der Waals surface area contributed by atoms with Gasteiger partial charge in [0.05, 0.1) is 19.3 Å². The highest BCUT2D eigenvalue weighted by molar-refractivity contribution is 7.09. The highest BCUT2D eigenvalue weighted by atomic mass is 32.1. The minimum Gasteiger partial charge on any atom is -0.389 e. The van der Waals surface area contributed by atoms with Gasteiger partial charge in [0.2, 0.25) is 0 Å². The molecule has 1 aromatic heterocycles. The molecule has 1 heterocycles. The van der Waals surface area contributed by atoms with Crippen LogP contribution in [0.25, 0.3) is 0 Å². The fraction of sp³-hybridized carbons (Fsp3) is 0.412. The molecule has 0 aliphatic heterocycles. The number of hydrogen-bond donors (Lipinski definition) is 2. The van der Waals surface area contributed by atoms with E-state index < -0.39 is 6.10 Å². The van der Waals surface area contributed by atoms with Crippen molar-refractivity contribution in [1.29, 1.82) is 0 Å². The normalized spacial score (nSPS) is 12.3. The van der Waals surface area contributed by atoms with Crippen molar-refractivity contribution in [2.45, 2.75) is 32.5 Å². The van der Waals surface area contributed by atoms with Gasteiger partial charge < -0.3 is 15.2 Å². The van der Waals surface area contributed by atoms with E-state index in [0.717, 1.165) is 18.5 Å². The monoisotopic (exact) mass is 305 g/mol. The number of aliphatic hydroxyl groups excluding tert-OH is 1. The van der Waals surface area contributed by atoms with Crippen LogP contribution in [0.15, 0.2) is 41.8 Å². The van der Waals surface area contributed by atoms with E-state index >= 15 is 0 Å². The van der Waals surface area contributed by atoms with E-state index in [1.165, 1.54) is 10.4 Å². The van der Waals surface area contributed by atoms with Gasteiger partial charge >= 0.3 is 0 Å². The van der Waals surface area contributed by atoms with Gasteiger partial charge in [0.15, 0.2) is 0 Å². The number of para-hydroxylation sites is 1. The van der Waals surface area contributed by atoms with Crippen LogP contribution in [0.3, 0.4) is 0 Å². The molecule has 0 bridgehead atoms. The second-order valence-corrected chi connectivity index (χ2v) is 6.07. The summed E-state index contributed by atoms with van der Waals surface area (Å²) in [4.78, 5) is 1.18. The first-order valence-electron chi connectivity index (χ1n) is 7.39. The Labute approximate surface area is 130 Å². The maximum absolute atomic E-state index is 9.98. The van der Waals surface area contributed by atoms with Gasteiger partial charge in [-0.3, -0.25) is 0 Å². The number of aryl methyl sites for hydroxylation is 1. The maximum Gasteiger partial charge on any atom is 0.0945 e. The van der Waals surface area contributed by atoms with E-state index in [1.807, 2.05) is 23.6 Å². The van der Waals surface area contributed by atoms with Crippen molar-refractivity contribution in [2.24, 2.45) is 0 Å². The smallest absolute Gasteiger partial charge is 0.0945 e. The summed E-state index contributed by atoms with van der Waals surface area (Å²) in [5, 5.41) is 15.3. The van der Waals surface area contributed by atoms with Crippen molar-refractivity contribution in [3.8, 4) is 0 Å². The zero-order chi connectivity index (χ0) is 14.9. The van der Waals surface area contributed by atoms with Gasteiger partial charge in [-0.25, -0.2) is 0 Å². The summed E-state index contributed by atoms with van der Waals surface area (Å²) < 4.78 is 5.53. The fourth-order valence-corrected chi connectivity index (χ4v) is 2.80. The maximum atomic E-state index is 9.98. The number of hydrogen-bond acceptors (Lipinski definition) is 4. The number of ether oxygens (including phenoxy) is 1. The summed E-state index contributed by atoms with van der Waals surface area (Å²) in [6.07, 6.45) is 1.67. The summed E-state index contributed by atoms with van der Waals surface area (Å²) in [5.74, 6) is 0. The van der Waals surface area contributed by atoms with Crippen molar-refractivity contribution in [3.63, 3.8) is 0 Å². The zero-order valence-electron chi connectivity index (χ0n) is 12.4. The Hall–Kier alpha value is -1.36. The van der Waals surface area contributed by atoms with Gasteiger partial charge in [0, 0.05) is 17.1 Å². The number of anilines is 1. The second-order valence-electron chi connectivity index (χ2n) is 5.04. The topological polar surface area (TPSA) is 41.5 Å².